The summed E-state index contributed by atoms with van der Waals surface area (Å²) in [5.41, 5.74) is 0. The minimum atomic E-state index is -1.79. The summed E-state index contributed by atoms with van der Waals surface area (Å²) in [7, 11) is 0. The van der Waals surface area contributed by atoms with Crippen molar-refractivity contribution < 1.29 is 73.8 Å². The molecule has 2 heterocycles. The Kier molecular flexibility index (Phi) is 35.9. The lowest BCUT2D eigenvalue weighted by Gasteiger charge is -2.42. The molecule has 2 fully saturated rings. The Balaban J connectivity index is 1.88. The van der Waals surface area contributed by atoms with Crippen LogP contribution in [0.1, 0.15) is 117 Å². The molecule has 0 amide bonds. The zero-order valence-electron chi connectivity index (χ0n) is 41.4. The fourth-order valence-electron chi connectivity index (χ4n) is 6.88. The smallest absolute Gasteiger partial charge is 0.306 e. The third kappa shape index (κ3) is 28.1. The second-order valence-corrected chi connectivity index (χ2v) is 16.9. The highest BCUT2D eigenvalue weighted by atomic mass is 16.7. The van der Waals surface area contributed by atoms with Crippen molar-refractivity contribution in [3.8, 4) is 0 Å². The van der Waals surface area contributed by atoms with Crippen LogP contribution < -0.4 is 0 Å². The van der Waals surface area contributed by atoms with Crippen LogP contribution in [0.3, 0.4) is 0 Å². The Bertz CT molecular complexity index is 1680. The molecule has 0 aromatic rings. The number of hydrogen-bond donors (Lipinski definition) is 7. The summed E-state index contributed by atoms with van der Waals surface area (Å²) < 4.78 is 33.4. The van der Waals surface area contributed by atoms with E-state index in [1.165, 1.54) is 0 Å². The van der Waals surface area contributed by atoms with Crippen LogP contribution in [0.4, 0.5) is 0 Å². The molecule has 0 saturated carbocycles. The first-order valence-electron chi connectivity index (χ1n) is 25.1. The number of esters is 2. The molecule has 394 valence electrons. The van der Waals surface area contributed by atoms with Crippen LogP contribution in [0.5, 0.6) is 0 Å². The van der Waals surface area contributed by atoms with Crippen molar-refractivity contribution >= 4 is 11.9 Å². The van der Waals surface area contributed by atoms with E-state index < -0.39 is 99.3 Å². The van der Waals surface area contributed by atoms with E-state index in [4.69, 9.17) is 28.4 Å². The van der Waals surface area contributed by atoms with Gasteiger partial charge in [-0.3, -0.25) is 9.59 Å². The van der Waals surface area contributed by atoms with Gasteiger partial charge in [-0.15, -0.1) is 0 Å². The van der Waals surface area contributed by atoms with E-state index in [1.807, 2.05) is 18.2 Å². The molecular formula is C55H84O15. The molecule has 7 N–H and O–H groups in total. The van der Waals surface area contributed by atoms with Gasteiger partial charge in [0.05, 0.1) is 19.8 Å². The van der Waals surface area contributed by atoms with Crippen LogP contribution in [0.25, 0.3) is 0 Å². The summed E-state index contributed by atoms with van der Waals surface area (Å²) in [6.45, 7) is 2.20. The molecule has 15 heteroatoms. The predicted octanol–water partition coefficient (Wildman–Crippen LogP) is 6.93. The molecule has 0 bridgehead atoms. The maximum Gasteiger partial charge on any atom is 0.306 e. The zero-order valence-corrected chi connectivity index (χ0v) is 41.4. The summed E-state index contributed by atoms with van der Waals surface area (Å²) in [5.74, 6) is -1.09. The lowest BCUT2D eigenvalue weighted by atomic mass is 9.98. The highest BCUT2D eigenvalue weighted by molar-refractivity contribution is 5.70. The number of unbranched alkanes of at least 4 members (excludes halogenated alkanes) is 2. The monoisotopic (exact) mass is 985 g/mol. The molecule has 0 spiro atoms. The second kappa shape index (κ2) is 40.5. The van der Waals surface area contributed by atoms with Crippen molar-refractivity contribution in [2.75, 3.05) is 26.4 Å². The van der Waals surface area contributed by atoms with Gasteiger partial charge in [0.25, 0.3) is 0 Å². The molecule has 2 aliphatic heterocycles. The van der Waals surface area contributed by atoms with E-state index in [0.29, 0.717) is 19.3 Å². The van der Waals surface area contributed by atoms with Gasteiger partial charge in [-0.05, 0) is 89.9 Å². The van der Waals surface area contributed by atoms with E-state index in [1.54, 1.807) is 0 Å². The summed E-state index contributed by atoms with van der Waals surface area (Å²) in [6.07, 6.45) is 36.7. The molecule has 2 aliphatic rings. The number of rotatable bonds is 36. The van der Waals surface area contributed by atoms with E-state index >= 15 is 0 Å². The number of ether oxygens (including phenoxy) is 6. The van der Waals surface area contributed by atoms with Gasteiger partial charge in [-0.2, -0.15) is 0 Å². The van der Waals surface area contributed by atoms with Crippen molar-refractivity contribution in [3.63, 3.8) is 0 Å². The average molecular weight is 985 g/mol. The largest absolute Gasteiger partial charge is 0.462 e. The van der Waals surface area contributed by atoms with Crippen molar-refractivity contribution in [1.29, 1.82) is 0 Å². The number of carbonyl (C=O) groups is 2. The summed E-state index contributed by atoms with van der Waals surface area (Å²) >= 11 is 0. The van der Waals surface area contributed by atoms with Crippen LogP contribution in [0, 0.1) is 0 Å². The highest BCUT2D eigenvalue weighted by Crippen LogP contribution is 2.26. The highest BCUT2D eigenvalue weighted by Gasteiger charge is 2.47. The Morgan fingerprint density at radius 2 is 0.871 bits per heavy atom. The number of aliphatic hydroxyl groups excluding tert-OH is 7. The summed E-state index contributed by atoms with van der Waals surface area (Å²) in [6, 6.07) is 0. The summed E-state index contributed by atoms with van der Waals surface area (Å²) in [5, 5.41) is 72.1. The van der Waals surface area contributed by atoms with Gasteiger partial charge >= 0.3 is 11.9 Å². The number of allylic oxidation sites excluding steroid dienone is 20. The van der Waals surface area contributed by atoms with Crippen molar-refractivity contribution in [3.05, 3.63) is 122 Å². The van der Waals surface area contributed by atoms with Gasteiger partial charge in [0.1, 0.15) is 55.4 Å². The number of carbonyl (C=O) groups excluding carboxylic acids is 2. The fraction of sp³-hybridized carbons (Fsp3) is 0.600. The average Bonchev–Trinajstić information content (AvgIpc) is 3.35. The van der Waals surface area contributed by atoms with Crippen molar-refractivity contribution in [1.82, 2.24) is 0 Å². The normalized spacial score (nSPS) is 26.4. The van der Waals surface area contributed by atoms with Crippen molar-refractivity contribution in [2.45, 2.75) is 184 Å². The molecule has 4 unspecified atom stereocenters. The molecule has 11 atom stereocenters. The van der Waals surface area contributed by atoms with Crippen LogP contribution >= 0.6 is 0 Å². The lowest BCUT2D eigenvalue weighted by Crippen LogP contribution is -2.61. The molecule has 0 aromatic carbocycles. The molecule has 0 aromatic heterocycles. The third-order valence-corrected chi connectivity index (χ3v) is 10.9. The van der Waals surface area contributed by atoms with E-state index in [-0.39, 0.29) is 19.4 Å². The quantitative estimate of drug-likeness (QED) is 0.0192. The maximum absolute atomic E-state index is 13.0. The Morgan fingerprint density at radius 3 is 1.34 bits per heavy atom. The fourth-order valence-corrected chi connectivity index (χ4v) is 6.88. The van der Waals surface area contributed by atoms with Crippen LogP contribution in [-0.2, 0) is 38.0 Å². The predicted molar refractivity (Wildman–Crippen MR) is 270 cm³/mol. The second-order valence-electron chi connectivity index (χ2n) is 16.9. The van der Waals surface area contributed by atoms with Gasteiger partial charge in [-0.25, -0.2) is 0 Å². The van der Waals surface area contributed by atoms with E-state index in [0.717, 1.165) is 70.6 Å². The van der Waals surface area contributed by atoms with Gasteiger partial charge < -0.3 is 64.2 Å². The topological polar surface area (TPSA) is 231 Å². The number of hydrogen-bond acceptors (Lipinski definition) is 15. The molecule has 15 nitrogen and oxygen atoms in total. The lowest BCUT2D eigenvalue weighted by molar-refractivity contribution is -0.332. The minimum Gasteiger partial charge on any atom is -0.462 e. The summed E-state index contributed by atoms with van der Waals surface area (Å²) in [4.78, 5) is 25.7. The van der Waals surface area contributed by atoms with Crippen LogP contribution in [-0.4, -0.2) is 142 Å². The standard InChI is InChI=1S/C55H84O15/c1-3-5-7-9-11-13-15-17-19-20-21-22-24-26-28-30-32-34-36-38-47(58)68-43(40-65-46(57)37-35-33-31-29-27-25-23-18-16-14-12-10-8-6-4-2)41-66-54-53(64)51(62)49(60)45(70-54)42-67-55-52(63)50(61)48(59)44(39-56)69-55/h5-8,11-14,17-19,21-23,26-29,32,34,43-45,48-56,59-64H,3-4,9-10,15-16,20,24-25,30-31,33,35-42H2,1-2H3/b7-5+,8-6+,13-11+,14-12+,19-17+,22-21+,23-18+,28-26+,29-27+,34-32+/t43-,44+,45+,48-,49-,50?,51?,52?,53?,54+,55+/m1/s1. The molecular weight excluding hydrogens is 901 g/mol. The third-order valence-electron chi connectivity index (χ3n) is 10.9. The first-order valence-corrected chi connectivity index (χ1v) is 25.1. The minimum absolute atomic E-state index is 0.0226. The molecule has 0 radical (unpaired) electrons. The molecule has 2 rings (SSSR count). The van der Waals surface area contributed by atoms with Gasteiger partial charge in [0.15, 0.2) is 18.7 Å². The zero-order chi connectivity index (χ0) is 51.0. The van der Waals surface area contributed by atoms with Crippen molar-refractivity contribution in [2.24, 2.45) is 0 Å². The van der Waals surface area contributed by atoms with Crippen LogP contribution in [0.15, 0.2) is 122 Å². The van der Waals surface area contributed by atoms with E-state index in [9.17, 15) is 45.3 Å². The van der Waals surface area contributed by atoms with E-state index in [2.05, 4.69) is 117 Å². The maximum atomic E-state index is 13.0. The Morgan fingerprint density at radius 1 is 0.457 bits per heavy atom. The Labute approximate surface area is 416 Å². The van der Waals surface area contributed by atoms with Gasteiger partial charge in [0, 0.05) is 12.8 Å². The van der Waals surface area contributed by atoms with Gasteiger partial charge in [-0.1, -0.05) is 135 Å². The Hall–Kier alpha value is -4.10. The number of aliphatic hydroxyl groups is 7. The van der Waals surface area contributed by atoms with Gasteiger partial charge in [0.2, 0.25) is 0 Å². The SMILES string of the molecule is CC/C=C/C/C=C/C/C=C/C/C=C/C/C=C/C/C=C/CCC(=O)O[C@H](COC(=O)CCCC/C=C/C/C=C/C/C=C/C/C=C/CC)CO[C@H]1O[C@@H](CO[C@H]2O[C@@H](CO)[C@@H](O)C(O)C2O)[C@@H](O)C(O)C1O. The molecule has 0 aliphatic carbocycles. The molecule has 2 saturated heterocycles. The molecule has 70 heavy (non-hydrogen) atoms. The first kappa shape index (κ1) is 62.0. The van der Waals surface area contributed by atoms with Crippen LogP contribution in [0.2, 0.25) is 0 Å². The first-order chi connectivity index (χ1) is 34.0.